The fourth-order valence-electron chi connectivity index (χ4n) is 16.2. The Morgan fingerprint density at radius 3 is 1.16 bits per heavy atom. The summed E-state index contributed by atoms with van der Waals surface area (Å²) in [4.78, 5) is 56.1. The summed E-state index contributed by atoms with van der Waals surface area (Å²) in [6, 6.07) is 45.7. The van der Waals surface area contributed by atoms with Gasteiger partial charge in [-0.1, -0.05) is 43.3 Å². The summed E-state index contributed by atoms with van der Waals surface area (Å²) < 4.78 is 179. The first kappa shape index (κ1) is 90.8. The molecule has 2 amide bonds. The van der Waals surface area contributed by atoms with Gasteiger partial charge in [0.1, 0.15) is 128 Å². The van der Waals surface area contributed by atoms with Crippen molar-refractivity contribution in [2.45, 2.75) is 108 Å². The molecule has 6 aromatic carbocycles. The van der Waals surface area contributed by atoms with Crippen LogP contribution < -0.4 is 51.2 Å². The molecule has 5 aliphatic rings. The number of nitrogens with one attached hydrogen (secondary N) is 2. The van der Waals surface area contributed by atoms with Gasteiger partial charge in [-0.15, -0.1) is 0 Å². The van der Waals surface area contributed by atoms with Crippen LogP contribution in [-0.2, 0) is 13.1 Å². The summed E-state index contributed by atoms with van der Waals surface area (Å²) in [6.07, 6.45) is 1.86. The summed E-state index contributed by atoms with van der Waals surface area (Å²) in [5.74, 6) is -1.13. The molecule has 5 saturated heterocycles. The highest BCUT2D eigenvalue weighted by molar-refractivity contribution is 6.34. The molecule has 8 aromatic heterocycles. The predicted molar refractivity (Wildman–Crippen MR) is 471 cm³/mol. The van der Waals surface area contributed by atoms with Crippen molar-refractivity contribution in [1.82, 2.24) is 44.8 Å². The number of nitrogen functional groups attached to an aromatic ring is 1. The van der Waals surface area contributed by atoms with Crippen LogP contribution in [0.25, 0.3) is 44.1 Å². The van der Waals surface area contributed by atoms with Gasteiger partial charge in [0.05, 0.1) is 115 Å². The topological polar surface area (TPSA) is 251 Å². The quantitative estimate of drug-likeness (QED) is 0.0598. The Labute approximate surface area is 733 Å². The second kappa shape index (κ2) is 40.5. The fraction of sp³-hybridized carbons (Fsp3) is 0.266. The molecule has 0 unspecified atom stereocenters. The van der Waals surface area contributed by atoms with Crippen LogP contribution in [0.4, 0.5) is 97.8 Å². The Hall–Kier alpha value is -13.4. The smallest absolute Gasteiger partial charge is 0.321 e. The Morgan fingerprint density at radius 2 is 0.781 bits per heavy atom. The number of aliphatic hydroxyl groups is 1. The molecule has 34 heteroatoms. The third-order valence-corrected chi connectivity index (χ3v) is 22.7. The molecule has 5 aliphatic heterocycles. The number of fused-ring (bicyclic) bond motifs is 4. The van der Waals surface area contributed by atoms with E-state index < -0.39 is 101 Å². The van der Waals surface area contributed by atoms with Crippen LogP contribution in [0.2, 0.25) is 5.02 Å². The summed E-state index contributed by atoms with van der Waals surface area (Å²) in [5.41, 5.74) is 20.0. The molecule has 0 aliphatic carbocycles. The number of ether oxygens (including phenoxy) is 2. The first-order valence-electron chi connectivity index (χ1n) is 40.6. The van der Waals surface area contributed by atoms with Gasteiger partial charge >= 0.3 is 6.03 Å². The maximum absolute atomic E-state index is 14.5. The highest BCUT2D eigenvalue weighted by Gasteiger charge is 2.41. The van der Waals surface area contributed by atoms with Crippen LogP contribution in [0.3, 0.4) is 0 Å². The van der Waals surface area contributed by atoms with E-state index in [1.807, 2.05) is 54.6 Å². The average Bonchev–Trinajstić information content (AvgIpc) is 1.59. The predicted octanol–water partition coefficient (Wildman–Crippen LogP) is 20.0. The molecule has 14 aromatic rings. The van der Waals surface area contributed by atoms with Gasteiger partial charge in [0, 0.05) is 98.9 Å². The zero-order chi connectivity index (χ0) is 89.3. The van der Waals surface area contributed by atoms with Crippen LogP contribution in [0, 0.1) is 46.5 Å². The Balaban J connectivity index is 0.000000134. The van der Waals surface area contributed by atoms with Crippen LogP contribution in [-0.4, -0.2) is 140 Å². The summed E-state index contributed by atoms with van der Waals surface area (Å²) in [5, 5.41) is 16.3. The van der Waals surface area contributed by atoms with Crippen LogP contribution >= 0.6 is 11.6 Å². The number of amides is 2. The number of aliphatic hydroxyl groups excluding tert-OH is 1. The zero-order valence-corrected chi connectivity index (χ0v) is 69.0. The molecule has 19 rings (SSSR count). The van der Waals surface area contributed by atoms with Crippen LogP contribution in [0.15, 0.2) is 219 Å². The van der Waals surface area contributed by atoms with Crippen LogP contribution in [0.1, 0.15) is 97.1 Å². The number of carbonyl (C=O) groups is 1. The number of methoxy groups -OCH3 is 2. The van der Waals surface area contributed by atoms with E-state index in [-0.39, 0.29) is 94.1 Å². The number of nitrogens with two attached hydrogens (primary N) is 2. The summed E-state index contributed by atoms with van der Waals surface area (Å²) >= 11 is 6.16. The lowest BCUT2D eigenvalue weighted by Gasteiger charge is -2.26. The molecular weight excluding hydrogens is 1690 g/mol. The largest absolute Gasteiger partial charge is 0.497 e. The highest BCUT2D eigenvalue weighted by Crippen LogP contribution is 2.45. The molecule has 13 heterocycles. The van der Waals surface area contributed by atoms with Gasteiger partial charge < -0.3 is 61.2 Å². The van der Waals surface area contributed by atoms with E-state index >= 15 is 0 Å². The zero-order valence-electron chi connectivity index (χ0n) is 68.2. The van der Waals surface area contributed by atoms with Crippen molar-refractivity contribution in [1.29, 1.82) is 0 Å². The number of likely N-dealkylation sites (tertiary alicyclic amines) is 1. The van der Waals surface area contributed by atoms with E-state index in [0.717, 1.165) is 101 Å². The molecule has 664 valence electrons. The third-order valence-electron chi connectivity index (χ3n) is 22.4. The number of carbonyl (C=O) groups excluding carboxylic acids is 1. The molecular formula is C94H88ClF12N17O4. The maximum Gasteiger partial charge on any atom is 0.321 e. The van der Waals surface area contributed by atoms with Crippen molar-refractivity contribution in [2.75, 3.05) is 89.5 Å². The van der Waals surface area contributed by atoms with E-state index in [2.05, 4.69) is 45.5 Å². The van der Waals surface area contributed by atoms with E-state index in [4.69, 9.17) is 37.5 Å². The number of urea groups is 1. The number of alkyl halides is 4. The van der Waals surface area contributed by atoms with Crippen molar-refractivity contribution < 1.29 is 72.1 Å². The number of halogens is 13. The van der Waals surface area contributed by atoms with Crippen molar-refractivity contribution >= 4 is 102 Å². The molecule has 128 heavy (non-hydrogen) atoms. The van der Waals surface area contributed by atoms with Crippen molar-refractivity contribution in [3.8, 4) is 11.5 Å². The minimum Gasteiger partial charge on any atom is -0.497 e. The number of aromatic nitrogens is 8. The standard InChI is InChI=1S/C26H23F3N4O.C23H22F3N5O2.C18H13ClF3N3.C18H15F3N4.C8H11NO.CH4/c1-34-19-5-2-16(3-6-19)14-31-23-10-11-30-22-8-9-25(32-26(22)23)33-15-18(28)13-24(33)20-12-17(27)4-7-21(20)29;24-13-1-2-17(26)16(9-13)20-10-14(25)11-31(20)21-4-3-18-22(29-21)19(5-7-27-18)28-23(33)30-8-6-15(32)12-30;19-13-5-6-23-15-3-4-17(24-18(13)15)25-9-11(21)8-16(25)12-7-10(20)1-2-14(12)22;19-10-1-2-13(21)12(7-10)16-8-11(20)9-25(16)17-4-3-15-18(24-17)14(22)5-6-23-15;1-10-8-4-2-7(6-9)3-5-8;/h2-12,18,24H,13-15H2,1H3,(H,30,31);1-5,7,9,14-15,20,32H,6,8,10-12H2,(H,27,28,33);1-7,11,16H,8-9H2;1-7,11,16H,8-9H2,(H2,22,23);2-5H,6,9H2,1H3;1H4/t18-,24+;14-,15-,20+;2*11-,16+;;/m0000../s1. The minimum atomic E-state index is -1.23. The molecule has 0 spiro atoms. The SMILES string of the molecule is C.COc1ccc(CN)cc1.COc1ccc(CNc2ccnc3ccc(N4C[C@@H](F)C[C@@H]4c4cc(F)ccc4F)nc23)cc1.Fc1ccc(F)c([C@H]2C[C@H](F)CN2c2ccc3nccc(Cl)c3n2)c1.Nc1ccnc2ccc(N3C[C@@H](F)C[C@@H]3c3cc(F)ccc3F)nc12.O=C(Nc1ccnc2ccc(N3C[C@@H](F)C[C@@H]3c3cc(F)ccc3F)nc12)N1CC[C@H](O)C1. The van der Waals surface area contributed by atoms with Gasteiger partial charge in [-0.25, -0.2) is 77.4 Å². The lowest BCUT2D eigenvalue weighted by Crippen LogP contribution is -2.33. The lowest BCUT2D eigenvalue weighted by atomic mass is 10.0. The van der Waals surface area contributed by atoms with E-state index in [1.165, 1.54) is 11.1 Å². The average molecular weight is 1780 g/mol. The minimum absolute atomic E-state index is 0. The van der Waals surface area contributed by atoms with Gasteiger partial charge in [-0.2, -0.15) is 0 Å². The molecule has 21 nitrogen and oxygen atoms in total. The van der Waals surface area contributed by atoms with Gasteiger partial charge in [0.15, 0.2) is 0 Å². The molecule has 0 bridgehead atoms. The number of hydrogen-bond donors (Lipinski definition) is 5. The van der Waals surface area contributed by atoms with Crippen molar-refractivity contribution in [3.63, 3.8) is 0 Å². The number of anilines is 7. The van der Waals surface area contributed by atoms with Gasteiger partial charge in [-0.3, -0.25) is 19.9 Å². The first-order chi connectivity index (χ1) is 61.3. The van der Waals surface area contributed by atoms with Gasteiger partial charge in [0.2, 0.25) is 0 Å². The molecule has 9 atom stereocenters. The number of β-amino-alcohol motifs (C(OH)–C–C–N with tert-alkyl or cyclic N) is 1. The second-order valence-corrected chi connectivity index (χ2v) is 31.2. The normalized spacial score (nSPS) is 19.3. The van der Waals surface area contributed by atoms with Gasteiger partial charge in [0.25, 0.3) is 0 Å². The van der Waals surface area contributed by atoms with Gasteiger partial charge in [-0.05, 0) is 187 Å². The Bertz CT molecular complexity index is 6090. The number of hydrogen-bond acceptors (Lipinski definition) is 19. The van der Waals surface area contributed by atoms with Crippen molar-refractivity contribution in [3.05, 3.63) is 304 Å². The Kier molecular flexibility index (Phi) is 28.7. The van der Waals surface area contributed by atoms with Crippen LogP contribution in [0.5, 0.6) is 11.5 Å². The second-order valence-electron chi connectivity index (χ2n) is 30.8. The number of benzene rings is 6. The number of rotatable bonds is 15. The van der Waals surface area contributed by atoms with E-state index in [0.29, 0.717) is 110 Å². The summed E-state index contributed by atoms with van der Waals surface area (Å²) in [7, 11) is 3.27. The molecule has 0 radical (unpaired) electrons. The lowest BCUT2D eigenvalue weighted by molar-refractivity contribution is 0.176. The van der Waals surface area contributed by atoms with Crippen molar-refractivity contribution in [2.24, 2.45) is 5.73 Å². The first-order valence-corrected chi connectivity index (χ1v) is 41.0. The molecule has 0 saturated carbocycles. The summed E-state index contributed by atoms with van der Waals surface area (Å²) in [6.45, 7) is 1.98. The maximum atomic E-state index is 14.5. The van der Waals surface area contributed by atoms with E-state index in [1.54, 1.807) is 119 Å². The molecule has 5 fully saturated rings. The van der Waals surface area contributed by atoms with E-state index in [9.17, 15) is 62.6 Å². The highest BCUT2D eigenvalue weighted by atomic mass is 35.5. The fourth-order valence-corrected chi connectivity index (χ4v) is 16.4. The molecule has 7 N–H and O–H groups in total. The monoisotopic (exact) mass is 1780 g/mol. The number of pyridine rings is 8. The third kappa shape index (κ3) is 21.0. The number of nitrogens with zero attached hydrogens (tertiary/aromatic N) is 13. The Morgan fingerprint density at radius 1 is 0.438 bits per heavy atom.